The van der Waals surface area contributed by atoms with Crippen LogP contribution in [0.15, 0.2) is 41.6 Å². The molecule has 3 heteroatoms. The van der Waals surface area contributed by atoms with E-state index in [0.29, 0.717) is 12.3 Å². The topological polar surface area (TPSA) is 41.8 Å². The van der Waals surface area contributed by atoms with Gasteiger partial charge in [0.2, 0.25) is 0 Å². The molecule has 0 unspecified atom stereocenters. The smallest absolute Gasteiger partial charge is 0.136 e. The van der Waals surface area contributed by atoms with Crippen molar-refractivity contribution in [2.75, 3.05) is 6.61 Å². The molecule has 1 aliphatic rings. The minimum atomic E-state index is 0.667. The van der Waals surface area contributed by atoms with E-state index in [2.05, 4.69) is 11.2 Å². The molecule has 17 heavy (non-hydrogen) atoms. The largest absolute Gasteiger partial charge is 0.492 e. The predicted molar refractivity (Wildman–Crippen MR) is 67.0 cm³/mol. The summed E-state index contributed by atoms with van der Waals surface area (Å²) < 4.78 is 5.80. The molecular weight excluding hydrogens is 214 g/mol. The minimum absolute atomic E-state index is 0.667. The summed E-state index contributed by atoms with van der Waals surface area (Å²) in [4.78, 5) is 0. The van der Waals surface area contributed by atoms with E-state index >= 15 is 0 Å². The first-order chi connectivity index (χ1) is 8.40. The van der Waals surface area contributed by atoms with Crippen LogP contribution in [0.25, 0.3) is 10.8 Å². The van der Waals surface area contributed by atoms with Crippen molar-refractivity contribution < 1.29 is 9.94 Å². The third-order valence-corrected chi connectivity index (χ3v) is 3.12. The summed E-state index contributed by atoms with van der Waals surface area (Å²) in [7, 11) is 0. The Labute approximate surface area is 99.3 Å². The van der Waals surface area contributed by atoms with Gasteiger partial charge in [-0.05, 0) is 24.3 Å². The van der Waals surface area contributed by atoms with Crippen LogP contribution in [-0.4, -0.2) is 17.5 Å². The highest BCUT2D eigenvalue weighted by molar-refractivity contribution is 6.07. The lowest BCUT2D eigenvalue weighted by atomic mass is 10.0. The van der Waals surface area contributed by atoms with Crippen LogP contribution in [0.2, 0.25) is 0 Å². The second kappa shape index (κ2) is 4.09. The molecule has 1 aliphatic heterocycles. The van der Waals surface area contributed by atoms with Gasteiger partial charge in [0.25, 0.3) is 0 Å². The van der Waals surface area contributed by atoms with Crippen LogP contribution in [0.1, 0.15) is 18.4 Å². The zero-order valence-corrected chi connectivity index (χ0v) is 9.39. The Hall–Kier alpha value is -2.03. The fraction of sp³-hybridized carbons (Fsp3) is 0.214. The van der Waals surface area contributed by atoms with Crippen molar-refractivity contribution in [2.45, 2.75) is 12.8 Å². The van der Waals surface area contributed by atoms with Gasteiger partial charge < -0.3 is 9.94 Å². The maximum Gasteiger partial charge on any atom is 0.136 e. The molecule has 0 saturated carbocycles. The number of ether oxygens (including phenoxy) is 1. The molecular formula is C14H13NO2. The second-order valence-electron chi connectivity index (χ2n) is 4.16. The number of benzene rings is 2. The Morgan fingerprint density at radius 3 is 2.88 bits per heavy atom. The van der Waals surface area contributed by atoms with Gasteiger partial charge in [0.15, 0.2) is 0 Å². The maximum atomic E-state index is 9.07. The standard InChI is InChI=1S/C14H13NO2/c16-15-13-6-3-9-17-14-11-5-2-1-4-10(11)7-8-12(13)14/h1-2,4-5,7-8,16H,3,6,9H2. The molecule has 3 rings (SSSR count). The second-order valence-corrected chi connectivity index (χ2v) is 4.16. The van der Waals surface area contributed by atoms with Gasteiger partial charge in [0.05, 0.1) is 12.3 Å². The van der Waals surface area contributed by atoms with Crippen LogP contribution >= 0.6 is 0 Å². The summed E-state index contributed by atoms with van der Waals surface area (Å²) in [5, 5.41) is 14.7. The van der Waals surface area contributed by atoms with Crippen molar-refractivity contribution >= 4 is 16.5 Å². The fourth-order valence-corrected chi connectivity index (χ4v) is 2.28. The molecule has 0 spiro atoms. The summed E-state index contributed by atoms with van der Waals surface area (Å²) in [6, 6.07) is 12.1. The van der Waals surface area contributed by atoms with Crippen molar-refractivity contribution in [2.24, 2.45) is 5.16 Å². The zero-order chi connectivity index (χ0) is 11.7. The number of fused-ring (bicyclic) bond motifs is 3. The molecule has 2 aromatic carbocycles. The molecule has 0 saturated heterocycles. The maximum absolute atomic E-state index is 9.07. The number of rotatable bonds is 0. The Kier molecular flexibility index (Phi) is 2.44. The van der Waals surface area contributed by atoms with Gasteiger partial charge in [-0.1, -0.05) is 35.5 Å². The lowest BCUT2D eigenvalue weighted by Crippen LogP contribution is -1.99. The van der Waals surface area contributed by atoms with Crippen LogP contribution in [0.3, 0.4) is 0 Å². The Balaban J connectivity index is 2.31. The molecule has 0 aliphatic carbocycles. The van der Waals surface area contributed by atoms with Crippen molar-refractivity contribution in [3.8, 4) is 5.75 Å². The average Bonchev–Trinajstić information content (AvgIpc) is 2.60. The van der Waals surface area contributed by atoms with Gasteiger partial charge in [0, 0.05) is 10.9 Å². The van der Waals surface area contributed by atoms with Crippen LogP contribution < -0.4 is 4.74 Å². The molecule has 0 radical (unpaired) electrons. The predicted octanol–water partition coefficient (Wildman–Crippen LogP) is 3.19. The molecule has 3 nitrogen and oxygen atoms in total. The first-order valence-corrected chi connectivity index (χ1v) is 5.76. The molecule has 0 amide bonds. The van der Waals surface area contributed by atoms with Crippen molar-refractivity contribution in [1.82, 2.24) is 0 Å². The van der Waals surface area contributed by atoms with E-state index in [-0.39, 0.29) is 0 Å². The van der Waals surface area contributed by atoms with Gasteiger partial charge in [-0.3, -0.25) is 0 Å². The monoisotopic (exact) mass is 227 g/mol. The molecule has 0 aromatic heterocycles. The van der Waals surface area contributed by atoms with Gasteiger partial charge in [0.1, 0.15) is 5.75 Å². The molecule has 0 bridgehead atoms. The Morgan fingerprint density at radius 1 is 1.12 bits per heavy atom. The molecule has 0 atom stereocenters. The molecule has 2 aromatic rings. The first kappa shape index (κ1) is 10.1. The molecule has 0 fully saturated rings. The lowest BCUT2D eigenvalue weighted by Gasteiger charge is -2.10. The summed E-state index contributed by atoms with van der Waals surface area (Å²) in [6.07, 6.45) is 1.63. The highest BCUT2D eigenvalue weighted by Gasteiger charge is 2.17. The van der Waals surface area contributed by atoms with Gasteiger partial charge in [-0.15, -0.1) is 0 Å². The lowest BCUT2D eigenvalue weighted by molar-refractivity contribution is 0.316. The van der Waals surface area contributed by atoms with Gasteiger partial charge >= 0.3 is 0 Å². The normalized spacial score (nSPS) is 17.5. The highest BCUT2D eigenvalue weighted by atomic mass is 16.5. The Morgan fingerprint density at radius 2 is 2.00 bits per heavy atom. The van der Waals surface area contributed by atoms with E-state index in [9.17, 15) is 0 Å². The Bertz CT molecular complexity index is 590. The quantitative estimate of drug-likeness (QED) is 0.554. The minimum Gasteiger partial charge on any atom is -0.492 e. The van der Waals surface area contributed by atoms with Crippen molar-refractivity contribution in [3.63, 3.8) is 0 Å². The fourth-order valence-electron chi connectivity index (χ4n) is 2.28. The molecule has 1 heterocycles. The summed E-state index contributed by atoms with van der Waals surface area (Å²) >= 11 is 0. The van der Waals surface area contributed by atoms with Crippen LogP contribution in [0, 0.1) is 0 Å². The number of hydrogen-bond acceptors (Lipinski definition) is 3. The molecule has 86 valence electrons. The third-order valence-electron chi connectivity index (χ3n) is 3.12. The van der Waals surface area contributed by atoms with Crippen LogP contribution in [-0.2, 0) is 0 Å². The summed E-state index contributed by atoms with van der Waals surface area (Å²) in [5.74, 6) is 0.841. The SMILES string of the molecule is ON=C1CCCOc2c1ccc1ccccc21. The van der Waals surface area contributed by atoms with E-state index in [1.54, 1.807) is 0 Å². The number of oxime groups is 1. The third kappa shape index (κ3) is 1.64. The van der Waals surface area contributed by atoms with Gasteiger partial charge in [-0.25, -0.2) is 0 Å². The number of nitrogens with zero attached hydrogens (tertiary/aromatic N) is 1. The van der Waals surface area contributed by atoms with Gasteiger partial charge in [-0.2, -0.15) is 0 Å². The van der Waals surface area contributed by atoms with E-state index in [0.717, 1.165) is 34.9 Å². The first-order valence-electron chi connectivity index (χ1n) is 5.76. The van der Waals surface area contributed by atoms with E-state index in [1.807, 2.05) is 30.3 Å². The van der Waals surface area contributed by atoms with Crippen molar-refractivity contribution in [3.05, 3.63) is 42.0 Å². The zero-order valence-electron chi connectivity index (χ0n) is 9.39. The van der Waals surface area contributed by atoms with Crippen LogP contribution in [0.4, 0.5) is 0 Å². The summed E-state index contributed by atoms with van der Waals surface area (Å²) in [6.45, 7) is 0.667. The van der Waals surface area contributed by atoms with E-state index in [1.165, 1.54) is 0 Å². The summed E-state index contributed by atoms with van der Waals surface area (Å²) in [5.41, 5.74) is 1.62. The van der Waals surface area contributed by atoms with Crippen LogP contribution in [0.5, 0.6) is 5.75 Å². The highest BCUT2D eigenvalue weighted by Crippen LogP contribution is 2.32. The van der Waals surface area contributed by atoms with E-state index in [4.69, 9.17) is 9.94 Å². The van der Waals surface area contributed by atoms with Crippen molar-refractivity contribution in [1.29, 1.82) is 0 Å². The average molecular weight is 227 g/mol. The van der Waals surface area contributed by atoms with E-state index < -0.39 is 0 Å². The number of hydrogen-bond donors (Lipinski definition) is 1. The molecule has 1 N–H and O–H groups in total.